The van der Waals surface area contributed by atoms with Gasteiger partial charge in [0.2, 0.25) is 0 Å². The Balaban J connectivity index is 0.992. The third kappa shape index (κ3) is 5.22. The van der Waals surface area contributed by atoms with Crippen molar-refractivity contribution in [2.75, 3.05) is 10.7 Å². The van der Waals surface area contributed by atoms with Gasteiger partial charge in [-0.3, -0.25) is 0 Å². The minimum Gasteiger partial charge on any atom is -0.311 e. The Morgan fingerprint density at radius 2 is 0.962 bits per heavy atom. The predicted octanol–water partition coefficient (Wildman–Crippen LogP) is 14.6. The number of anilines is 3. The van der Waals surface area contributed by atoms with Gasteiger partial charge in [-0.05, 0) is 129 Å². The molecule has 3 heteroatoms. The molecule has 0 amide bonds. The van der Waals surface area contributed by atoms with E-state index in [0.29, 0.717) is 0 Å². The Bertz CT molecular complexity index is 2630. The van der Waals surface area contributed by atoms with Crippen molar-refractivity contribution in [3.8, 4) is 33.4 Å². The summed E-state index contributed by atoms with van der Waals surface area (Å²) >= 11 is 3.87. The van der Waals surface area contributed by atoms with Gasteiger partial charge in [-0.15, -0.1) is 23.1 Å². The van der Waals surface area contributed by atoms with E-state index in [1.165, 1.54) is 87.3 Å². The zero-order chi connectivity index (χ0) is 34.8. The average Bonchev–Trinajstić information content (AvgIpc) is 3.92. The maximum absolute atomic E-state index is 2.45. The molecule has 0 spiro atoms. The van der Waals surface area contributed by atoms with Crippen LogP contribution in [0.4, 0.5) is 17.1 Å². The van der Waals surface area contributed by atoms with Crippen molar-refractivity contribution in [1.82, 2.24) is 0 Å². The Kier molecular flexibility index (Phi) is 7.49. The standard InChI is InChI=1S/C49H37NS2/c1-49(2)44-30-35(17-23-40(44)41-24-18-36(31-45(41)49)46-14-9-27-51-46)34-20-26-48-43(29-34)42-28-33(19-25-47(42)52-48)32-15-21-39(22-16-32)50(37-10-5-3-6-11-37)38-12-7-4-8-13-38/h3-8,10-26,28-31H,9,27H2,1-2H3. The molecule has 0 bridgehead atoms. The second-order valence-electron chi connectivity index (χ2n) is 14.4. The van der Waals surface area contributed by atoms with E-state index in [4.69, 9.17) is 0 Å². The van der Waals surface area contributed by atoms with Crippen molar-refractivity contribution in [2.45, 2.75) is 25.7 Å². The summed E-state index contributed by atoms with van der Waals surface area (Å²) in [6.45, 7) is 4.79. The minimum atomic E-state index is -0.0522. The smallest absolute Gasteiger partial charge is 0.0462 e. The number of hydrogen-bond acceptors (Lipinski definition) is 3. The van der Waals surface area contributed by atoms with Crippen molar-refractivity contribution in [3.05, 3.63) is 180 Å². The largest absolute Gasteiger partial charge is 0.311 e. The van der Waals surface area contributed by atoms with Gasteiger partial charge in [-0.2, -0.15) is 0 Å². The second-order valence-corrected chi connectivity index (χ2v) is 16.6. The highest BCUT2D eigenvalue weighted by atomic mass is 32.2. The molecule has 0 saturated heterocycles. The van der Waals surface area contributed by atoms with Crippen LogP contribution in [0.2, 0.25) is 0 Å². The van der Waals surface area contributed by atoms with E-state index in [1.54, 1.807) is 0 Å². The Morgan fingerprint density at radius 1 is 0.481 bits per heavy atom. The third-order valence-corrected chi connectivity index (χ3v) is 13.3. The highest BCUT2D eigenvalue weighted by Gasteiger charge is 2.36. The lowest BCUT2D eigenvalue weighted by molar-refractivity contribution is 0.660. The molecule has 250 valence electrons. The Labute approximate surface area is 313 Å². The molecule has 1 aromatic heterocycles. The van der Waals surface area contributed by atoms with Crippen molar-refractivity contribution < 1.29 is 0 Å². The van der Waals surface area contributed by atoms with Gasteiger partial charge in [-0.1, -0.05) is 105 Å². The van der Waals surface area contributed by atoms with Crippen LogP contribution in [-0.2, 0) is 5.41 Å². The molecular formula is C49H37NS2. The summed E-state index contributed by atoms with van der Waals surface area (Å²) in [4.78, 5) is 3.74. The first-order chi connectivity index (χ1) is 25.5. The first kappa shape index (κ1) is 31.4. The van der Waals surface area contributed by atoms with E-state index in [2.05, 4.69) is 183 Å². The first-order valence-electron chi connectivity index (χ1n) is 18.1. The maximum Gasteiger partial charge on any atom is 0.0462 e. The monoisotopic (exact) mass is 703 g/mol. The van der Waals surface area contributed by atoms with Gasteiger partial charge in [-0.25, -0.2) is 0 Å². The molecule has 0 fully saturated rings. The normalized spacial score (nSPS) is 14.4. The Hall–Kier alpha value is -5.35. The number of thioether (sulfide) groups is 1. The van der Waals surface area contributed by atoms with E-state index in [1.807, 2.05) is 23.1 Å². The van der Waals surface area contributed by atoms with Gasteiger partial charge < -0.3 is 4.90 Å². The first-order valence-corrected chi connectivity index (χ1v) is 19.9. The number of para-hydroxylation sites is 2. The van der Waals surface area contributed by atoms with Gasteiger partial charge in [0.05, 0.1) is 0 Å². The summed E-state index contributed by atoms with van der Waals surface area (Å²) < 4.78 is 2.65. The average molecular weight is 704 g/mol. The lowest BCUT2D eigenvalue weighted by Crippen LogP contribution is -2.15. The van der Waals surface area contributed by atoms with Gasteiger partial charge in [0, 0.05) is 53.3 Å². The highest BCUT2D eigenvalue weighted by Crippen LogP contribution is 2.51. The molecule has 8 aromatic rings. The van der Waals surface area contributed by atoms with Crippen LogP contribution in [0.25, 0.3) is 58.5 Å². The molecule has 10 rings (SSSR count). The lowest BCUT2D eigenvalue weighted by atomic mass is 9.81. The molecule has 52 heavy (non-hydrogen) atoms. The van der Waals surface area contributed by atoms with Gasteiger partial charge >= 0.3 is 0 Å². The molecule has 7 aromatic carbocycles. The molecule has 2 heterocycles. The quantitative estimate of drug-likeness (QED) is 0.170. The summed E-state index contributed by atoms with van der Waals surface area (Å²) in [5.74, 6) is 1.20. The number of benzene rings is 7. The predicted molar refractivity (Wildman–Crippen MR) is 228 cm³/mol. The molecule has 0 radical (unpaired) electrons. The minimum absolute atomic E-state index is 0.0522. The molecular weight excluding hydrogens is 667 g/mol. The van der Waals surface area contributed by atoms with Crippen LogP contribution in [0.5, 0.6) is 0 Å². The summed E-state index contributed by atoms with van der Waals surface area (Å²) in [6, 6.07) is 58.4. The van der Waals surface area contributed by atoms with Crippen molar-refractivity contribution in [3.63, 3.8) is 0 Å². The van der Waals surface area contributed by atoms with Crippen LogP contribution in [-0.4, -0.2) is 5.75 Å². The van der Waals surface area contributed by atoms with Crippen molar-refractivity contribution >= 4 is 65.2 Å². The molecule has 1 aliphatic heterocycles. The third-order valence-electron chi connectivity index (χ3n) is 11.0. The number of fused-ring (bicyclic) bond motifs is 6. The van der Waals surface area contributed by atoms with Gasteiger partial charge in [0.25, 0.3) is 0 Å². The fourth-order valence-electron chi connectivity index (χ4n) is 8.23. The molecule has 2 aliphatic rings. The fraction of sp³-hybridized carbons (Fsp3) is 0.102. The van der Waals surface area contributed by atoms with E-state index in [9.17, 15) is 0 Å². The topological polar surface area (TPSA) is 3.24 Å². The van der Waals surface area contributed by atoms with E-state index >= 15 is 0 Å². The van der Waals surface area contributed by atoms with Crippen LogP contribution < -0.4 is 4.90 Å². The summed E-state index contributed by atoms with van der Waals surface area (Å²) in [5, 5.41) is 2.64. The number of nitrogens with zero attached hydrogens (tertiary/aromatic N) is 1. The van der Waals surface area contributed by atoms with Gasteiger partial charge in [0.1, 0.15) is 0 Å². The molecule has 0 atom stereocenters. The molecule has 0 N–H and O–H groups in total. The summed E-state index contributed by atoms with van der Waals surface area (Å²) in [6.07, 6.45) is 3.57. The fourth-order valence-corrected chi connectivity index (χ4v) is 10.3. The maximum atomic E-state index is 2.45. The second kappa shape index (κ2) is 12.4. The molecule has 0 unspecified atom stereocenters. The van der Waals surface area contributed by atoms with Crippen LogP contribution in [0, 0.1) is 0 Å². The van der Waals surface area contributed by atoms with E-state index in [-0.39, 0.29) is 5.41 Å². The van der Waals surface area contributed by atoms with Gasteiger partial charge in [0.15, 0.2) is 0 Å². The molecule has 1 aliphatic carbocycles. The number of allylic oxidation sites excluding steroid dienone is 1. The number of hydrogen-bond donors (Lipinski definition) is 0. The summed E-state index contributed by atoms with van der Waals surface area (Å²) in [5.41, 5.74) is 15.4. The van der Waals surface area contributed by atoms with Crippen molar-refractivity contribution in [1.29, 1.82) is 0 Å². The lowest BCUT2D eigenvalue weighted by Gasteiger charge is -2.25. The van der Waals surface area contributed by atoms with Crippen LogP contribution in [0.3, 0.4) is 0 Å². The highest BCUT2D eigenvalue weighted by molar-refractivity contribution is 8.08. The number of rotatable bonds is 6. The van der Waals surface area contributed by atoms with Crippen molar-refractivity contribution in [2.24, 2.45) is 0 Å². The van der Waals surface area contributed by atoms with Crippen LogP contribution >= 0.6 is 23.1 Å². The molecule has 0 saturated carbocycles. The zero-order valence-electron chi connectivity index (χ0n) is 29.3. The summed E-state index contributed by atoms with van der Waals surface area (Å²) in [7, 11) is 0. The van der Waals surface area contributed by atoms with Crippen LogP contribution in [0.15, 0.2) is 164 Å². The van der Waals surface area contributed by atoms with E-state index in [0.717, 1.165) is 17.1 Å². The Morgan fingerprint density at radius 3 is 1.54 bits per heavy atom. The van der Waals surface area contributed by atoms with E-state index < -0.39 is 0 Å². The SMILES string of the molecule is CC1(C)c2cc(C3=CCCS3)ccc2-c2ccc(-c3ccc4sc5ccc(-c6ccc(N(c7ccccc7)c7ccccc7)cc6)cc5c4c3)cc21. The van der Waals surface area contributed by atoms with Crippen LogP contribution in [0.1, 0.15) is 37.0 Å². The number of thiophene rings is 1. The zero-order valence-corrected chi connectivity index (χ0v) is 30.9. The molecule has 1 nitrogen and oxygen atoms in total.